The van der Waals surface area contributed by atoms with Crippen LogP contribution in [0.5, 0.6) is 0 Å². The molecule has 132 valence electrons. The molecule has 1 atom stereocenters. The Morgan fingerprint density at radius 1 is 1.12 bits per heavy atom. The first-order valence-corrected chi connectivity index (χ1v) is 10.1. The van der Waals surface area contributed by atoms with E-state index in [9.17, 15) is 13.2 Å². The standard InChI is InChI=1S/C18H26N2O3S/c1-12-9-13(2)17(14(3)10-12)24(22,23)20-8-4-5-15(11-20)18(21)19-16-6-7-16/h9-10,15-16H,4-8,11H2,1-3H3,(H,19,21)/t15-/m0/s1. The van der Waals surface area contributed by atoms with E-state index in [0.29, 0.717) is 17.5 Å². The Kier molecular flexibility index (Phi) is 4.71. The Morgan fingerprint density at radius 2 is 1.75 bits per heavy atom. The van der Waals surface area contributed by atoms with Crippen molar-refractivity contribution in [3.05, 3.63) is 28.8 Å². The summed E-state index contributed by atoms with van der Waals surface area (Å²) in [7, 11) is -3.57. The summed E-state index contributed by atoms with van der Waals surface area (Å²) in [5, 5.41) is 3.01. The van der Waals surface area contributed by atoms with Crippen molar-refractivity contribution in [3.63, 3.8) is 0 Å². The molecule has 0 radical (unpaired) electrons. The number of carbonyl (C=O) groups is 1. The van der Waals surface area contributed by atoms with E-state index < -0.39 is 10.0 Å². The quantitative estimate of drug-likeness (QED) is 0.906. The topological polar surface area (TPSA) is 66.5 Å². The lowest BCUT2D eigenvalue weighted by Gasteiger charge is -2.32. The number of nitrogens with one attached hydrogen (secondary N) is 1. The average Bonchev–Trinajstić information content (AvgIpc) is 3.30. The molecule has 0 bridgehead atoms. The Labute approximate surface area is 144 Å². The molecule has 0 aromatic heterocycles. The maximum atomic E-state index is 13.1. The highest BCUT2D eigenvalue weighted by Gasteiger charge is 2.36. The maximum Gasteiger partial charge on any atom is 0.243 e. The number of piperidine rings is 1. The van der Waals surface area contributed by atoms with E-state index in [1.54, 1.807) is 0 Å². The summed E-state index contributed by atoms with van der Waals surface area (Å²) in [5.74, 6) is -0.227. The minimum absolute atomic E-state index is 0.00903. The smallest absolute Gasteiger partial charge is 0.243 e. The molecule has 5 nitrogen and oxygen atoms in total. The zero-order chi connectivity index (χ0) is 17.5. The van der Waals surface area contributed by atoms with E-state index >= 15 is 0 Å². The van der Waals surface area contributed by atoms with E-state index in [1.165, 1.54) is 4.31 Å². The molecule has 3 rings (SSSR count). The fourth-order valence-corrected chi connectivity index (χ4v) is 5.56. The molecule has 1 saturated carbocycles. The molecule has 6 heteroatoms. The molecule has 24 heavy (non-hydrogen) atoms. The van der Waals surface area contributed by atoms with Crippen LogP contribution in [0.4, 0.5) is 0 Å². The van der Waals surface area contributed by atoms with Crippen LogP contribution in [0.15, 0.2) is 17.0 Å². The number of sulfonamides is 1. The number of aryl methyl sites for hydroxylation is 3. The van der Waals surface area contributed by atoms with Gasteiger partial charge in [-0.2, -0.15) is 4.31 Å². The van der Waals surface area contributed by atoms with Crippen molar-refractivity contribution in [1.82, 2.24) is 9.62 Å². The molecule has 0 spiro atoms. The van der Waals surface area contributed by atoms with Crippen molar-refractivity contribution in [3.8, 4) is 0 Å². The largest absolute Gasteiger partial charge is 0.353 e. The summed E-state index contributed by atoms with van der Waals surface area (Å²) >= 11 is 0. The van der Waals surface area contributed by atoms with Crippen LogP contribution in [-0.2, 0) is 14.8 Å². The summed E-state index contributed by atoms with van der Waals surface area (Å²) in [6, 6.07) is 4.12. The molecule has 1 aromatic rings. The third-order valence-corrected chi connectivity index (χ3v) is 7.05. The third-order valence-electron chi connectivity index (χ3n) is 4.88. The van der Waals surface area contributed by atoms with Crippen molar-refractivity contribution in [2.45, 2.75) is 57.4 Å². The van der Waals surface area contributed by atoms with Gasteiger partial charge in [0.25, 0.3) is 0 Å². The van der Waals surface area contributed by atoms with Gasteiger partial charge in [-0.15, -0.1) is 0 Å². The minimum Gasteiger partial charge on any atom is -0.353 e. The number of benzene rings is 1. The molecule has 1 heterocycles. The summed E-state index contributed by atoms with van der Waals surface area (Å²) < 4.78 is 27.8. The average molecular weight is 350 g/mol. The summed E-state index contributed by atoms with van der Waals surface area (Å²) in [6.07, 6.45) is 3.58. The zero-order valence-electron chi connectivity index (χ0n) is 14.6. The van der Waals surface area contributed by atoms with Gasteiger partial charge in [-0.25, -0.2) is 8.42 Å². The third kappa shape index (κ3) is 3.49. The predicted molar refractivity (Wildman–Crippen MR) is 93.3 cm³/mol. The van der Waals surface area contributed by atoms with E-state index in [0.717, 1.165) is 42.4 Å². The molecule has 1 saturated heterocycles. The fraction of sp³-hybridized carbons (Fsp3) is 0.611. The van der Waals surface area contributed by atoms with Crippen LogP contribution < -0.4 is 5.32 Å². The Morgan fingerprint density at radius 3 is 2.33 bits per heavy atom. The van der Waals surface area contributed by atoms with Gasteiger partial charge in [-0.3, -0.25) is 4.79 Å². The van der Waals surface area contributed by atoms with Crippen molar-refractivity contribution in [1.29, 1.82) is 0 Å². The number of hydrogen-bond acceptors (Lipinski definition) is 3. The first-order valence-electron chi connectivity index (χ1n) is 8.67. The number of nitrogens with zero attached hydrogens (tertiary/aromatic N) is 1. The van der Waals surface area contributed by atoms with Crippen LogP contribution in [-0.4, -0.2) is 37.8 Å². The van der Waals surface area contributed by atoms with Gasteiger partial charge in [-0.05, 0) is 57.6 Å². The van der Waals surface area contributed by atoms with Gasteiger partial charge >= 0.3 is 0 Å². The van der Waals surface area contributed by atoms with Gasteiger partial charge in [-0.1, -0.05) is 17.7 Å². The monoisotopic (exact) mass is 350 g/mol. The predicted octanol–water partition coefficient (Wildman–Crippen LogP) is 2.29. The lowest BCUT2D eigenvalue weighted by molar-refractivity contribution is -0.126. The Hall–Kier alpha value is -1.40. The van der Waals surface area contributed by atoms with Crippen LogP contribution in [0, 0.1) is 26.7 Å². The van der Waals surface area contributed by atoms with Gasteiger partial charge in [0.05, 0.1) is 10.8 Å². The second-order valence-corrected chi connectivity index (χ2v) is 9.09. The van der Waals surface area contributed by atoms with E-state index in [2.05, 4.69) is 5.32 Å². The number of hydrogen-bond donors (Lipinski definition) is 1. The Balaban J connectivity index is 1.82. The van der Waals surface area contributed by atoms with E-state index in [1.807, 2.05) is 32.9 Å². The lowest BCUT2D eigenvalue weighted by atomic mass is 9.99. The first-order chi connectivity index (χ1) is 11.3. The SMILES string of the molecule is Cc1cc(C)c(S(=O)(=O)N2CCC[C@H](C(=O)NC3CC3)C2)c(C)c1. The minimum atomic E-state index is -3.57. The molecule has 0 unspecified atom stereocenters. The first kappa shape index (κ1) is 17.4. The second kappa shape index (κ2) is 6.48. The maximum absolute atomic E-state index is 13.1. The number of carbonyl (C=O) groups excluding carboxylic acids is 1. The normalized spacial score (nSPS) is 22.4. The molecule has 1 N–H and O–H groups in total. The summed E-state index contributed by atoms with van der Waals surface area (Å²) in [4.78, 5) is 12.7. The number of rotatable bonds is 4. The molecular formula is C18H26N2O3S. The lowest BCUT2D eigenvalue weighted by Crippen LogP contribution is -2.46. The second-order valence-electron chi connectivity index (χ2n) is 7.21. The highest BCUT2D eigenvalue weighted by Crippen LogP contribution is 2.29. The summed E-state index contributed by atoms with van der Waals surface area (Å²) in [6.45, 7) is 6.42. The van der Waals surface area contributed by atoms with Crippen LogP contribution in [0.2, 0.25) is 0 Å². The van der Waals surface area contributed by atoms with Crippen LogP contribution in [0.3, 0.4) is 0 Å². The molecule has 1 aliphatic carbocycles. The van der Waals surface area contributed by atoms with Crippen LogP contribution in [0.1, 0.15) is 42.4 Å². The van der Waals surface area contributed by atoms with Crippen LogP contribution in [0.25, 0.3) is 0 Å². The van der Waals surface area contributed by atoms with E-state index in [4.69, 9.17) is 0 Å². The number of amides is 1. The molecule has 1 aromatic carbocycles. The molecule has 2 aliphatic rings. The highest BCUT2D eigenvalue weighted by atomic mass is 32.2. The van der Waals surface area contributed by atoms with Gasteiger partial charge < -0.3 is 5.32 Å². The molecule has 1 amide bonds. The highest BCUT2D eigenvalue weighted by molar-refractivity contribution is 7.89. The van der Waals surface area contributed by atoms with E-state index in [-0.39, 0.29) is 18.4 Å². The van der Waals surface area contributed by atoms with Gasteiger partial charge in [0, 0.05) is 19.1 Å². The van der Waals surface area contributed by atoms with Crippen LogP contribution >= 0.6 is 0 Å². The van der Waals surface area contributed by atoms with Gasteiger partial charge in [0.1, 0.15) is 0 Å². The fourth-order valence-electron chi connectivity index (χ4n) is 3.62. The van der Waals surface area contributed by atoms with Crippen molar-refractivity contribution in [2.75, 3.05) is 13.1 Å². The van der Waals surface area contributed by atoms with Crippen molar-refractivity contribution in [2.24, 2.45) is 5.92 Å². The van der Waals surface area contributed by atoms with Crippen molar-refractivity contribution < 1.29 is 13.2 Å². The molecule has 2 fully saturated rings. The molecule has 1 aliphatic heterocycles. The summed E-state index contributed by atoms with van der Waals surface area (Å²) in [5.41, 5.74) is 2.61. The van der Waals surface area contributed by atoms with Crippen molar-refractivity contribution >= 4 is 15.9 Å². The van der Waals surface area contributed by atoms with Gasteiger partial charge in [0.2, 0.25) is 15.9 Å². The Bertz CT molecular complexity index is 731. The molecular weight excluding hydrogens is 324 g/mol. The van der Waals surface area contributed by atoms with Gasteiger partial charge in [0.15, 0.2) is 0 Å². The zero-order valence-corrected chi connectivity index (χ0v) is 15.4.